The Labute approximate surface area is 206 Å². The lowest BCUT2D eigenvalue weighted by atomic mass is 10.0. The summed E-state index contributed by atoms with van der Waals surface area (Å²) in [5.41, 5.74) is 1.66. The first-order valence-corrected chi connectivity index (χ1v) is 11.8. The molecule has 4 rings (SSSR count). The van der Waals surface area contributed by atoms with Gasteiger partial charge in [0.25, 0.3) is 0 Å². The fourth-order valence-electron chi connectivity index (χ4n) is 4.17. The first-order valence-electron chi connectivity index (χ1n) is 11.8. The fraction of sp³-hybridized carbons (Fsp3) is 0.321. The Morgan fingerprint density at radius 1 is 1.00 bits per heavy atom. The summed E-state index contributed by atoms with van der Waals surface area (Å²) < 4.78 is 11.4. The first kappa shape index (κ1) is 24.3. The summed E-state index contributed by atoms with van der Waals surface area (Å²) in [7, 11) is 0. The second-order valence-corrected chi connectivity index (χ2v) is 9.46. The van der Waals surface area contributed by atoms with E-state index < -0.39 is 11.7 Å². The van der Waals surface area contributed by atoms with Gasteiger partial charge in [-0.3, -0.25) is 0 Å². The topological polar surface area (TPSA) is 72.0 Å². The molecule has 1 atom stereocenters. The van der Waals surface area contributed by atoms with Gasteiger partial charge in [0.05, 0.1) is 11.7 Å². The van der Waals surface area contributed by atoms with E-state index in [0.717, 1.165) is 24.0 Å². The van der Waals surface area contributed by atoms with Crippen LogP contribution in [0.3, 0.4) is 0 Å². The molecular weight excluding hydrogens is 442 g/mol. The Kier molecular flexibility index (Phi) is 7.34. The minimum absolute atomic E-state index is 0.205. The number of para-hydroxylation sites is 1. The molecule has 1 aromatic heterocycles. The molecule has 35 heavy (non-hydrogen) atoms. The molecule has 1 aliphatic heterocycles. The maximum Gasteiger partial charge on any atom is 0.420 e. The summed E-state index contributed by atoms with van der Waals surface area (Å²) in [6.45, 7) is 6.26. The van der Waals surface area contributed by atoms with Gasteiger partial charge in [0.2, 0.25) is 0 Å². The van der Waals surface area contributed by atoms with Crippen molar-refractivity contribution in [2.24, 2.45) is 0 Å². The Balaban J connectivity index is 1.64. The molecule has 3 aromatic rings. The molecule has 0 aliphatic carbocycles. The zero-order chi connectivity index (χ0) is 24.8. The maximum absolute atomic E-state index is 13.4. The maximum atomic E-state index is 13.4. The summed E-state index contributed by atoms with van der Waals surface area (Å²) in [5.74, 6) is 0.445. The Morgan fingerprint density at radius 2 is 1.69 bits per heavy atom. The second-order valence-electron chi connectivity index (χ2n) is 9.46. The minimum atomic E-state index is -0.681. The van der Waals surface area contributed by atoms with Crippen molar-refractivity contribution in [3.63, 3.8) is 0 Å². The predicted molar refractivity (Wildman–Crippen MR) is 134 cm³/mol. The van der Waals surface area contributed by atoms with Crippen molar-refractivity contribution >= 4 is 23.7 Å². The quantitative estimate of drug-likeness (QED) is 0.416. The van der Waals surface area contributed by atoms with E-state index in [-0.39, 0.29) is 18.7 Å². The number of anilines is 2. The lowest BCUT2D eigenvalue weighted by molar-refractivity contribution is 0.0597. The molecular formula is C28H31N3O4. The van der Waals surface area contributed by atoms with Crippen LogP contribution >= 0.6 is 0 Å². The van der Waals surface area contributed by atoms with E-state index >= 15 is 0 Å². The minimum Gasteiger partial charge on any atom is -0.445 e. The molecule has 2 aromatic carbocycles. The zero-order valence-corrected chi connectivity index (χ0v) is 20.4. The molecule has 0 spiro atoms. The highest BCUT2D eigenvalue weighted by atomic mass is 16.6. The van der Waals surface area contributed by atoms with Gasteiger partial charge >= 0.3 is 12.2 Å². The molecule has 1 aliphatic rings. The number of ether oxygens (including phenoxy) is 2. The third-order valence-electron chi connectivity index (χ3n) is 5.67. The molecule has 0 saturated carbocycles. The number of likely N-dealkylation sites (tertiary alicyclic amines) is 1. The second kappa shape index (κ2) is 10.6. The SMILES string of the molecule is CC(C)(C)OC(=O)N(c1ccccc1)c1ncccc1[C@@H]1CCCN1C(=O)OCc1ccccc1. The summed E-state index contributed by atoms with van der Waals surface area (Å²) in [6.07, 6.45) is 2.31. The highest BCUT2D eigenvalue weighted by Crippen LogP contribution is 2.39. The largest absolute Gasteiger partial charge is 0.445 e. The van der Waals surface area contributed by atoms with Crippen LogP contribution in [0.1, 0.15) is 50.8 Å². The molecule has 2 heterocycles. The monoisotopic (exact) mass is 473 g/mol. The van der Waals surface area contributed by atoms with E-state index in [1.54, 1.807) is 11.1 Å². The lowest BCUT2D eigenvalue weighted by Gasteiger charge is -2.31. The van der Waals surface area contributed by atoms with Gasteiger partial charge in [0.1, 0.15) is 18.0 Å². The van der Waals surface area contributed by atoms with Gasteiger partial charge in [-0.25, -0.2) is 19.5 Å². The molecule has 2 amide bonds. The number of nitrogens with zero attached hydrogens (tertiary/aromatic N) is 3. The third kappa shape index (κ3) is 5.98. The number of benzene rings is 2. The van der Waals surface area contributed by atoms with Crippen molar-refractivity contribution in [3.8, 4) is 0 Å². The van der Waals surface area contributed by atoms with Crippen molar-refractivity contribution in [3.05, 3.63) is 90.1 Å². The van der Waals surface area contributed by atoms with Gasteiger partial charge in [0.15, 0.2) is 0 Å². The number of pyridine rings is 1. The smallest absolute Gasteiger partial charge is 0.420 e. The molecule has 1 fully saturated rings. The number of carbonyl (C=O) groups is 2. The fourth-order valence-corrected chi connectivity index (χ4v) is 4.17. The standard InChI is InChI=1S/C28H31N3O4/c1-28(2,3)35-27(33)31(22-14-8-5-9-15-22)25-23(16-10-18-29-25)24-17-11-19-30(24)26(32)34-20-21-12-6-4-7-13-21/h4-10,12-16,18,24H,11,17,19-20H2,1-3H3/t24-/m0/s1. The van der Waals surface area contributed by atoms with Crippen LogP contribution in [-0.4, -0.2) is 34.2 Å². The van der Waals surface area contributed by atoms with E-state index in [0.29, 0.717) is 18.1 Å². The van der Waals surface area contributed by atoms with Crippen molar-refractivity contribution in [1.82, 2.24) is 9.88 Å². The average Bonchev–Trinajstić information content (AvgIpc) is 3.33. The van der Waals surface area contributed by atoms with E-state index in [9.17, 15) is 9.59 Å². The summed E-state index contributed by atoms with van der Waals surface area (Å²) in [6, 6.07) is 22.3. The van der Waals surface area contributed by atoms with E-state index in [1.165, 1.54) is 4.90 Å². The van der Waals surface area contributed by atoms with Gasteiger partial charge in [-0.2, -0.15) is 0 Å². The lowest BCUT2D eigenvalue weighted by Crippen LogP contribution is -2.36. The number of amides is 2. The average molecular weight is 474 g/mol. The van der Waals surface area contributed by atoms with Crippen LogP contribution in [0.5, 0.6) is 0 Å². The predicted octanol–water partition coefficient (Wildman–Crippen LogP) is 6.63. The molecule has 0 unspecified atom stereocenters. The Morgan fingerprint density at radius 3 is 2.37 bits per heavy atom. The van der Waals surface area contributed by atoms with Crippen molar-refractivity contribution < 1.29 is 19.1 Å². The number of hydrogen-bond donors (Lipinski definition) is 0. The molecule has 0 radical (unpaired) electrons. The van der Waals surface area contributed by atoms with Crippen molar-refractivity contribution in [2.45, 2.75) is 51.9 Å². The van der Waals surface area contributed by atoms with Gasteiger partial charge in [-0.15, -0.1) is 0 Å². The van der Waals surface area contributed by atoms with E-state index in [1.807, 2.05) is 93.6 Å². The van der Waals surface area contributed by atoms with Crippen LogP contribution in [0.4, 0.5) is 21.1 Å². The number of rotatable bonds is 5. The first-order chi connectivity index (χ1) is 16.8. The number of hydrogen-bond acceptors (Lipinski definition) is 5. The van der Waals surface area contributed by atoms with Crippen LogP contribution in [0.25, 0.3) is 0 Å². The van der Waals surface area contributed by atoms with Crippen LogP contribution in [0.15, 0.2) is 79.0 Å². The summed E-state index contributed by atoms with van der Waals surface area (Å²) in [4.78, 5) is 34.2. The number of aromatic nitrogens is 1. The van der Waals surface area contributed by atoms with Crippen LogP contribution in [0.2, 0.25) is 0 Å². The van der Waals surface area contributed by atoms with Crippen molar-refractivity contribution in [1.29, 1.82) is 0 Å². The number of carbonyl (C=O) groups excluding carboxylic acids is 2. The molecule has 0 N–H and O–H groups in total. The van der Waals surface area contributed by atoms with Gasteiger partial charge in [-0.1, -0.05) is 54.6 Å². The van der Waals surface area contributed by atoms with Gasteiger partial charge in [-0.05, 0) is 57.4 Å². The summed E-state index contributed by atoms with van der Waals surface area (Å²) >= 11 is 0. The van der Waals surface area contributed by atoms with Crippen LogP contribution < -0.4 is 4.90 Å². The molecule has 182 valence electrons. The van der Waals surface area contributed by atoms with Gasteiger partial charge in [0, 0.05) is 18.3 Å². The Hall–Kier alpha value is -3.87. The molecule has 1 saturated heterocycles. The Bertz CT molecular complexity index is 1150. The van der Waals surface area contributed by atoms with Crippen LogP contribution in [-0.2, 0) is 16.1 Å². The van der Waals surface area contributed by atoms with Gasteiger partial charge < -0.3 is 14.4 Å². The highest BCUT2D eigenvalue weighted by Gasteiger charge is 2.36. The zero-order valence-electron chi connectivity index (χ0n) is 20.4. The van der Waals surface area contributed by atoms with E-state index in [2.05, 4.69) is 4.98 Å². The summed E-state index contributed by atoms with van der Waals surface area (Å²) in [5, 5.41) is 0. The molecule has 7 nitrogen and oxygen atoms in total. The van der Waals surface area contributed by atoms with Crippen molar-refractivity contribution in [2.75, 3.05) is 11.4 Å². The van der Waals surface area contributed by atoms with E-state index in [4.69, 9.17) is 9.47 Å². The molecule has 0 bridgehead atoms. The highest BCUT2D eigenvalue weighted by molar-refractivity contribution is 5.96. The third-order valence-corrected chi connectivity index (χ3v) is 5.67. The normalized spacial score (nSPS) is 15.5. The molecule has 7 heteroatoms. The van der Waals surface area contributed by atoms with Crippen LogP contribution in [0, 0.1) is 0 Å².